The van der Waals surface area contributed by atoms with E-state index in [9.17, 15) is 0 Å². The molecule has 1 aliphatic heterocycles. The maximum absolute atomic E-state index is 5.26. The molecule has 1 unspecified atom stereocenters. The van der Waals surface area contributed by atoms with Crippen LogP contribution in [0.2, 0.25) is 0 Å². The van der Waals surface area contributed by atoms with Crippen molar-refractivity contribution in [3.63, 3.8) is 0 Å². The van der Waals surface area contributed by atoms with Gasteiger partial charge in [-0.25, -0.2) is 0 Å². The lowest BCUT2D eigenvalue weighted by Crippen LogP contribution is -2.26. The van der Waals surface area contributed by atoms with Crippen LogP contribution < -0.4 is 0 Å². The van der Waals surface area contributed by atoms with Crippen molar-refractivity contribution in [3.8, 4) is 12.3 Å². The second-order valence-electron chi connectivity index (χ2n) is 2.73. The predicted octanol–water partition coefficient (Wildman–Crippen LogP) is 1.97. The Kier molecular flexibility index (Phi) is 3.32. The second kappa shape index (κ2) is 4.35. The Morgan fingerprint density at radius 2 is 2.30 bits per heavy atom. The summed E-state index contributed by atoms with van der Waals surface area (Å²) < 4.78 is 5.26. The van der Waals surface area contributed by atoms with E-state index in [4.69, 9.17) is 11.2 Å². The lowest BCUT2D eigenvalue weighted by molar-refractivity contribution is -0.0554. The molecule has 0 radical (unpaired) electrons. The van der Waals surface area contributed by atoms with E-state index in [1.165, 1.54) is 19.3 Å². The zero-order valence-electron chi connectivity index (χ0n) is 6.31. The van der Waals surface area contributed by atoms with Gasteiger partial charge in [-0.1, -0.05) is 0 Å². The molecule has 56 valence electrons. The van der Waals surface area contributed by atoms with Gasteiger partial charge in [0.2, 0.25) is 0 Å². The molecule has 1 fully saturated rings. The molecule has 1 aliphatic rings. The van der Waals surface area contributed by atoms with Crippen LogP contribution in [0.4, 0.5) is 0 Å². The first-order valence-electron chi connectivity index (χ1n) is 3.98. The molecule has 0 aromatic rings. The lowest BCUT2D eigenvalue weighted by Gasteiger charge is -2.26. The summed E-state index contributed by atoms with van der Waals surface area (Å²) in [6, 6.07) is 0. The predicted molar refractivity (Wildman–Crippen MR) is 41.7 cm³/mol. The molecule has 1 heterocycles. The van der Waals surface area contributed by atoms with Gasteiger partial charge in [0.1, 0.15) is 0 Å². The van der Waals surface area contributed by atoms with Crippen molar-refractivity contribution in [2.75, 3.05) is 6.61 Å². The third-order valence-corrected chi connectivity index (χ3v) is 1.89. The third-order valence-electron chi connectivity index (χ3n) is 1.89. The highest BCUT2D eigenvalue weighted by atomic mass is 16.5. The Morgan fingerprint density at radius 3 is 2.80 bits per heavy atom. The summed E-state index contributed by atoms with van der Waals surface area (Å²) in [5.41, 5.74) is 0. The van der Waals surface area contributed by atoms with E-state index in [2.05, 4.69) is 5.92 Å². The first-order valence-corrected chi connectivity index (χ1v) is 3.98. The van der Waals surface area contributed by atoms with Crippen LogP contribution >= 0.6 is 0 Å². The first-order chi connectivity index (χ1) is 4.93. The summed E-state index contributed by atoms with van der Waals surface area (Å²) in [6.07, 6.45) is 11.5. The fourth-order valence-corrected chi connectivity index (χ4v) is 1.11. The van der Waals surface area contributed by atoms with E-state index >= 15 is 0 Å². The van der Waals surface area contributed by atoms with E-state index in [1.807, 2.05) is 0 Å². The fraction of sp³-hybridized carbons (Fsp3) is 0.778. The summed E-state index contributed by atoms with van der Waals surface area (Å²) in [5, 5.41) is 0. The van der Waals surface area contributed by atoms with Gasteiger partial charge < -0.3 is 4.74 Å². The number of rotatable bonds is 4. The number of unbranched alkanes of at least 4 members (excludes halogenated alkanes) is 2. The highest BCUT2D eigenvalue weighted by Crippen LogP contribution is 2.17. The second-order valence-corrected chi connectivity index (χ2v) is 2.73. The van der Waals surface area contributed by atoms with Crippen LogP contribution in [-0.2, 0) is 4.74 Å². The van der Waals surface area contributed by atoms with Crippen LogP contribution in [0, 0.1) is 12.3 Å². The average molecular weight is 138 g/mol. The Hall–Kier alpha value is -0.480. The monoisotopic (exact) mass is 138 g/mol. The minimum absolute atomic E-state index is 0.567. The summed E-state index contributed by atoms with van der Waals surface area (Å²) >= 11 is 0. The number of ether oxygens (including phenoxy) is 1. The lowest BCUT2D eigenvalue weighted by atomic mass is 10.1. The minimum Gasteiger partial charge on any atom is -0.378 e. The Labute approximate surface area is 62.8 Å². The van der Waals surface area contributed by atoms with Crippen molar-refractivity contribution in [3.05, 3.63) is 0 Å². The molecule has 1 saturated heterocycles. The van der Waals surface area contributed by atoms with Gasteiger partial charge in [0, 0.05) is 13.0 Å². The minimum atomic E-state index is 0.567. The van der Waals surface area contributed by atoms with Gasteiger partial charge in [-0.2, -0.15) is 0 Å². The van der Waals surface area contributed by atoms with Crippen LogP contribution in [-0.4, -0.2) is 12.7 Å². The number of terminal acetylenes is 1. The van der Waals surface area contributed by atoms with Crippen molar-refractivity contribution in [2.45, 2.75) is 38.2 Å². The average Bonchev–Trinajstić information content (AvgIpc) is 1.84. The SMILES string of the molecule is C#CCCCCC1CCO1. The standard InChI is InChI=1S/C9H14O/c1-2-3-4-5-6-9-7-8-10-9/h1,9H,3-8H2. The molecule has 10 heavy (non-hydrogen) atoms. The highest BCUT2D eigenvalue weighted by Gasteiger charge is 2.16. The molecule has 0 saturated carbocycles. The topological polar surface area (TPSA) is 9.23 Å². The first kappa shape index (κ1) is 7.63. The van der Waals surface area contributed by atoms with Gasteiger partial charge in [-0.3, -0.25) is 0 Å². The van der Waals surface area contributed by atoms with E-state index in [0.717, 1.165) is 19.4 Å². The van der Waals surface area contributed by atoms with Crippen LogP contribution in [0.3, 0.4) is 0 Å². The molecule has 0 aliphatic carbocycles. The Balaban J connectivity index is 1.81. The zero-order chi connectivity index (χ0) is 7.23. The van der Waals surface area contributed by atoms with Crippen LogP contribution in [0.1, 0.15) is 32.1 Å². The van der Waals surface area contributed by atoms with E-state index in [1.54, 1.807) is 0 Å². The molecule has 0 N–H and O–H groups in total. The molecule has 0 spiro atoms. The smallest absolute Gasteiger partial charge is 0.0597 e. The summed E-state index contributed by atoms with van der Waals surface area (Å²) in [4.78, 5) is 0. The summed E-state index contributed by atoms with van der Waals surface area (Å²) in [7, 11) is 0. The maximum atomic E-state index is 5.26. The molecule has 1 heteroatoms. The van der Waals surface area contributed by atoms with Gasteiger partial charge in [0.05, 0.1) is 6.10 Å². The quantitative estimate of drug-likeness (QED) is 0.426. The fourth-order valence-electron chi connectivity index (χ4n) is 1.11. The van der Waals surface area contributed by atoms with Crippen LogP contribution in [0.15, 0.2) is 0 Å². The van der Waals surface area contributed by atoms with E-state index in [0.29, 0.717) is 6.10 Å². The maximum Gasteiger partial charge on any atom is 0.0597 e. The van der Waals surface area contributed by atoms with Gasteiger partial charge in [0.15, 0.2) is 0 Å². The molecule has 1 rings (SSSR count). The molecular weight excluding hydrogens is 124 g/mol. The molecule has 1 atom stereocenters. The molecule has 1 nitrogen and oxygen atoms in total. The van der Waals surface area contributed by atoms with Crippen LogP contribution in [0.25, 0.3) is 0 Å². The Bertz CT molecular complexity index is 119. The van der Waals surface area contributed by atoms with E-state index < -0.39 is 0 Å². The van der Waals surface area contributed by atoms with Crippen LogP contribution in [0.5, 0.6) is 0 Å². The van der Waals surface area contributed by atoms with Gasteiger partial charge in [-0.15, -0.1) is 12.3 Å². The largest absolute Gasteiger partial charge is 0.378 e. The van der Waals surface area contributed by atoms with Gasteiger partial charge in [-0.05, 0) is 25.7 Å². The number of hydrogen-bond donors (Lipinski definition) is 0. The molecule has 0 amide bonds. The van der Waals surface area contributed by atoms with Crippen molar-refractivity contribution in [1.82, 2.24) is 0 Å². The van der Waals surface area contributed by atoms with E-state index in [-0.39, 0.29) is 0 Å². The van der Waals surface area contributed by atoms with Crippen molar-refractivity contribution >= 4 is 0 Å². The molecule has 0 aromatic heterocycles. The molecule has 0 aromatic carbocycles. The van der Waals surface area contributed by atoms with Gasteiger partial charge in [0.25, 0.3) is 0 Å². The van der Waals surface area contributed by atoms with Crippen molar-refractivity contribution in [1.29, 1.82) is 0 Å². The zero-order valence-corrected chi connectivity index (χ0v) is 6.31. The highest BCUT2D eigenvalue weighted by molar-refractivity contribution is 4.83. The van der Waals surface area contributed by atoms with Crippen molar-refractivity contribution in [2.24, 2.45) is 0 Å². The van der Waals surface area contributed by atoms with Crippen molar-refractivity contribution < 1.29 is 4.74 Å². The Morgan fingerprint density at radius 1 is 1.50 bits per heavy atom. The molecule has 0 bridgehead atoms. The summed E-state index contributed by atoms with van der Waals surface area (Å²) in [5.74, 6) is 2.64. The number of hydrogen-bond acceptors (Lipinski definition) is 1. The van der Waals surface area contributed by atoms with Gasteiger partial charge >= 0.3 is 0 Å². The normalized spacial score (nSPS) is 23.3. The summed E-state index contributed by atoms with van der Waals surface area (Å²) in [6.45, 7) is 0.972. The third kappa shape index (κ3) is 2.41. The molecular formula is C9H14O.